The Morgan fingerprint density at radius 3 is 2.21 bits per heavy atom. The van der Waals surface area contributed by atoms with Gasteiger partial charge in [-0.25, -0.2) is 4.79 Å². The van der Waals surface area contributed by atoms with Crippen LogP contribution in [0.1, 0.15) is 20.8 Å². The van der Waals surface area contributed by atoms with Crippen molar-refractivity contribution < 1.29 is 9.59 Å². The first-order valence-corrected chi connectivity index (χ1v) is 5.05. The van der Waals surface area contributed by atoms with E-state index in [9.17, 15) is 9.59 Å². The van der Waals surface area contributed by atoms with Crippen molar-refractivity contribution in [1.82, 2.24) is 9.80 Å². The summed E-state index contributed by atoms with van der Waals surface area (Å²) >= 11 is 4.19. The maximum Gasteiger partial charge on any atom is 0.328 e. The predicted octanol–water partition coefficient (Wildman–Crippen LogP) is 1.18. The number of amides is 3. The Morgan fingerprint density at radius 1 is 1.43 bits per heavy atom. The summed E-state index contributed by atoms with van der Waals surface area (Å²) in [5.74, 6) is 0.0422. The molecule has 1 fully saturated rings. The average Bonchev–Trinajstić information content (AvgIpc) is 2.20. The van der Waals surface area contributed by atoms with Crippen LogP contribution >= 0.6 is 12.6 Å². The van der Waals surface area contributed by atoms with Gasteiger partial charge >= 0.3 is 6.03 Å². The normalized spacial score (nSPS) is 28.1. The molecule has 1 aliphatic heterocycles. The van der Waals surface area contributed by atoms with Gasteiger partial charge in [-0.1, -0.05) is 13.8 Å². The standard InChI is InChI=1S/C9H16N2O2S/c1-6(2)5-11-7(12)9(3,14)10(4)8(11)13/h6,14H,5H2,1-4H3. The van der Waals surface area contributed by atoms with Gasteiger partial charge in [-0.15, -0.1) is 12.6 Å². The van der Waals surface area contributed by atoms with Gasteiger partial charge in [0.05, 0.1) is 0 Å². The highest BCUT2D eigenvalue weighted by Gasteiger charge is 2.50. The molecule has 1 heterocycles. The molecule has 0 radical (unpaired) electrons. The molecule has 80 valence electrons. The fourth-order valence-electron chi connectivity index (χ4n) is 1.38. The molecule has 1 saturated heterocycles. The fourth-order valence-corrected chi connectivity index (χ4v) is 1.59. The van der Waals surface area contributed by atoms with Crippen LogP contribution in [-0.4, -0.2) is 40.2 Å². The number of carbonyl (C=O) groups is 2. The van der Waals surface area contributed by atoms with E-state index in [1.54, 1.807) is 14.0 Å². The predicted molar refractivity (Wildman–Crippen MR) is 57.1 cm³/mol. The van der Waals surface area contributed by atoms with Crippen molar-refractivity contribution in [1.29, 1.82) is 0 Å². The van der Waals surface area contributed by atoms with Crippen molar-refractivity contribution in [2.24, 2.45) is 5.92 Å². The summed E-state index contributed by atoms with van der Waals surface area (Å²) in [6, 6.07) is -0.263. The molecule has 14 heavy (non-hydrogen) atoms. The van der Waals surface area contributed by atoms with E-state index in [1.807, 2.05) is 13.8 Å². The van der Waals surface area contributed by atoms with Crippen molar-refractivity contribution in [2.75, 3.05) is 13.6 Å². The highest BCUT2D eigenvalue weighted by Crippen LogP contribution is 2.29. The van der Waals surface area contributed by atoms with Gasteiger partial charge in [-0.05, 0) is 12.8 Å². The lowest BCUT2D eigenvalue weighted by molar-refractivity contribution is -0.129. The monoisotopic (exact) mass is 216 g/mol. The molecule has 4 nitrogen and oxygen atoms in total. The van der Waals surface area contributed by atoms with Crippen LogP contribution in [0.25, 0.3) is 0 Å². The largest absolute Gasteiger partial charge is 0.328 e. The van der Waals surface area contributed by atoms with E-state index >= 15 is 0 Å². The number of thiol groups is 1. The first-order valence-electron chi connectivity index (χ1n) is 4.60. The molecule has 0 aromatic heterocycles. The number of hydrogen-bond acceptors (Lipinski definition) is 3. The lowest BCUT2D eigenvalue weighted by Crippen LogP contribution is -2.39. The lowest BCUT2D eigenvalue weighted by Gasteiger charge is -2.21. The number of urea groups is 1. The molecule has 0 spiro atoms. The number of likely N-dealkylation sites (N-methyl/N-ethyl adjacent to an activating group) is 1. The van der Waals surface area contributed by atoms with Gasteiger partial charge < -0.3 is 4.90 Å². The maximum absolute atomic E-state index is 11.8. The summed E-state index contributed by atoms with van der Waals surface area (Å²) in [4.78, 5) is 25.0. The second-order valence-electron chi connectivity index (χ2n) is 4.17. The first-order chi connectivity index (χ1) is 6.28. The molecule has 0 aromatic rings. The number of hydrogen-bond donors (Lipinski definition) is 1. The highest BCUT2D eigenvalue weighted by molar-refractivity contribution is 7.82. The molecule has 1 unspecified atom stereocenters. The van der Waals surface area contributed by atoms with Crippen LogP contribution in [0.15, 0.2) is 0 Å². The zero-order chi connectivity index (χ0) is 11.1. The molecule has 1 atom stereocenters. The third kappa shape index (κ3) is 1.61. The summed E-state index contributed by atoms with van der Waals surface area (Å²) < 4.78 is 0. The second-order valence-corrected chi connectivity index (χ2v) is 5.04. The molecule has 0 bridgehead atoms. The Kier molecular flexibility index (Phi) is 2.81. The molecule has 5 heteroatoms. The Bertz CT molecular complexity index is 276. The van der Waals surface area contributed by atoms with Gasteiger partial charge in [-0.3, -0.25) is 9.69 Å². The summed E-state index contributed by atoms with van der Waals surface area (Å²) in [6.45, 7) is 6.03. The molecular weight excluding hydrogens is 200 g/mol. The van der Waals surface area contributed by atoms with Crippen LogP contribution in [-0.2, 0) is 4.79 Å². The van der Waals surface area contributed by atoms with Gasteiger partial charge in [0, 0.05) is 13.6 Å². The third-order valence-corrected chi connectivity index (χ3v) is 2.86. The van der Waals surface area contributed by atoms with E-state index in [0.717, 1.165) is 0 Å². The average molecular weight is 216 g/mol. The van der Waals surface area contributed by atoms with Gasteiger partial charge in [0.1, 0.15) is 0 Å². The fraction of sp³-hybridized carbons (Fsp3) is 0.778. The Morgan fingerprint density at radius 2 is 1.93 bits per heavy atom. The van der Waals surface area contributed by atoms with Crippen molar-refractivity contribution in [3.63, 3.8) is 0 Å². The Balaban J connectivity index is 2.91. The zero-order valence-corrected chi connectivity index (χ0v) is 9.84. The van der Waals surface area contributed by atoms with Gasteiger partial charge in [0.15, 0.2) is 4.87 Å². The molecule has 1 rings (SSSR count). The van der Waals surface area contributed by atoms with Gasteiger partial charge in [0.2, 0.25) is 0 Å². The number of imide groups is 1. The number of rotatable bonds is 2. The molecule has 1 aliphatic rings. The molecule has 3 amide bonds. The topological polar surface area (TPSA) is 40.6 Å². The van der Waals surface area contributed by atoms with Crippen LogP contribution in [0.3, 0.4) is 0 Å². The molecular formula is C9H16N2O2S. The lowest BCUT2D eigenvalue weighted by atomic mass is 10.2. The molecule has 0 aliphatic carbocycles. The summed E-state index contributed by atoms with van der Waals surface area (Å²) in [6.07, 6.45) is 0. The van der Waals surface area contributed by atoms with Gasteiger partial charge in [0.25, 0.3) is 5.91 Å². The van der Waals surface area contributed by atoms with Crippen LogP contribution in [0.5, 0.6) is 0 Å². The Hall–Kier alpha value is -0.710. The number of carbonyl (C=O) groups excluding carboxylic acids is 2. The summed E-state index contributed by atoms with van der Waals surface area (Å²) in [7, 11) is 1.59. The Labute approximate surface area is 89.7 Å². The van der Waals surface area contributed by atoms with Crippen molar-refractivity contribution >= 4 is 24.6 Å². The third-order valence-electron chi connectivity index (χ3n) is 2.37. The molecule has 0 aromatic carbocycles. The summed E-state index contributed by atoms with van der Waals surface area (Å²) in [5, 5.41) is 0. The minimum absolute atomic E-state index is 0.234. The van der Waals surface area contributed by atoms with Crippen molar-refractivity contribution in [3.05, 3.63) is 0 Å². The maximum atomic E-state index is 11.8. The van der Waals surface area contributed by atoms with E-state index in [4.69, 9.17) is 0 Å². The van der Waals surface area contributed by atoms with Crippen LogP contribution in [0, 0.1) is 5.92 Å². The SMILES string of the molecule is CC(C)CN1C(=O)N(C)C(C)(S)C1=O. The van der Waals surface area contributed by atoms with E-state index in [1.165, 1.54) is 9.80 Å². The van der Waals surface area contributed by atoms with Crippen LogP contribution in [0.4, 0.5) is 4.79 Å². The van der Waals surface area contributed by atoms with Gasteiger partial charge in [-0.2, -0.15) is 0 Å². The minimum Gasteiger partial charge on any atom is -0.304 e. The summed E-state index contributed by atoms with van der Waals surface area (Å²) in [5.41, 5.74) is 0. The van der Waals surface area contributed by atoms with Crippen LogP contribution < -0.4 is 0 Å². The van der Waals surface area contributed by atoms with Crippen molar-refractivity contribution in [3.8, 4) is 0 Å². The zero-order valence-electron chi connectivity index (χ0n) is 8.94. The molecule has 0 saturated carbocycles. The van der Waals surface area contributed by atoms with E-state index in [-0.39, 0.29) is 17.9 Å². The molecule has 0 N–H and O–H groups in total. The first kappa shape index (κ1) is 11.4. The quantitative estimate of drug-likeness (QED) is 0.556. The second kappa shape index (κ2) is 3.46. The van der Waals surface area contributed by atoms with E-state index < -0.39 is 4.87 Å². The minimum atomic E-state index is -0.994. The van der Waals surface area contributed by atoms with E-state index in [0.29, 0.717) is 6.54 Å². The van der Waals surface area contributed by atoms with Crippen LogP contribution in [0.2, 0.25) is 0 Å². The number of nitrogens with zero attached hydrogens (tertiary/aromatic N) is 2. The smallest absolute Gasteiger partial charge is 0.304 e. The van der Waals surface area contributed by atoms with Crippen molar-refractivity contribution in [2.45, 2.75) is 25.6 Å². The highest BCUT2D eigenvalue weighted by atomic mass is 32.1. The van der Waals surface area contributed by atoms with E-state index in [2.05, 4.69) is 12.6 Å².